The van der Waals surface area contributed by atoms with Gasteiger partial charge in [0.1, 0.15) is 24.7 Å². The van der Waals surface area contributed by atoms with Crippen LogP contribution in [-0.4, -0.2) is 24.8 Å². The van der Waals surface area contributed by atoms with Crippen LogP contribution in [0.15, 0.2) is 72.8 Å². The maximum Gasteiger partial charge on any atom is 0.258 e. The summed E-state index contributed by atoms with van der Waals surface area (Å²) in [5, 5.41) is 0. The highest BCUT2D eigenvalue weighted by molar-refractivity contribution is 6.08. The Bertz CT molecular complexity index is 1030. The lowest BCUT2D eigenvalue weighted by molar-refractivity contribution is 0.0973. The molecule has 5 heteroatoms. The molecule has 3 aromatic rings. The quantitative estimate of drug-likeness (QED) is 0.605. The minimum absolute atomic E-state index is 0.0503. The van der Waals surface area contributed by atoms with Crippen LogP contribution in [0, 0.1) is 0 Å². The van der Waals surface area contributed by atoms with E-state index < -0.39 is 0 Å². The molecule has 0 unspecified atom stereocenters. The SMILES string of the molecule is CC(=O)c1ccc2c(c1)N(C(=O)c1ccc(OCc3ccccc3)cc1)CCO2. The Morgan fingerprint density at radius 1 is 0.966 bits per heavy atom. The van der Waals surface area contributed by atoms with Crippen molar-refractivity contribution in [3.8, 4) is 11.5 Å². The highest BCUT2D eigenvalue weighted by Crippen LogP contribution is 2.33. The van der Waals surface area contributed by atoms with Gasteiger partial charge in [-0.05, 0) is 55.0 Å². The largest absolute Gasteiger partial charge is 0.490 e. The zero-order valence-corrected chi connectivity index (χ0v) is 16.1. The van der Waals surface area contributed by atoms with E-state index in [0.29, 0.717) is 48.1 Å². The fourth-order valence-corrected chi connectivity index (χ4v) is 3.24. The molecule has 0 atom stereocenters. The minimum Gasteiger partial charge on any atom is -0.490 e. The summed E-state index contributed by atoms with van der Waals surface area (Å²) in [6, 6.07) is 22.2. The summed E-state index contributed by atoms with van der Waals surface area (Å²) in [6.07, 6.45) is 0. The standard InChI is InChI=1S/C24H21NO4/c1-17(26)20-9-12-23-22(15-20)25(13-14-28-23)24(27)19-7-10-21(11-8-19)29-16-18-5-3-2-4-6-18/h2-12,15H,13-14,16H2,1H3. The number of amides is 1. The van der Waals surface area contributed by atoms with Crippen LogP contribution < -0.4 is 14.4 Å². The molecule has 0 fully saturated rings. The van der Waals surface area contributed by atoms with Crippen molar-refractivity contribution in [2.75, 3.05) is 18.1 Å². The first-order chi connectivity index (χ1) is 14.1. The van der Waals surface area contributed by atoms with Crippen molar-refractivity contribution in [2.24, 2.45) is 0 Å². The lowest BCUT2D eigenvalue weighted by Crippen LogP contribution is -2.38. The molecule has 3 aromatic carbocycles. The number of hydrogen-bond acceptors (Lipinski definition) is 4. The summed E-state index contributed by atoms with van der Waals surface area (Å²) >= 11 is 0. The molecule has 0 saturated heterocycles. The molecular formula is C24H21NO4. The Morgan fingerprint density at radius 3 is 2.41 bits per heavy atom. The first-order valence-electron chi connectivity index (χ1n) is 9.48. The van der Waals surface area contributed by atoms with Gasteiger partial charge in [-0.2, -0.15) is 0 Å². The fraction of sp³-hybridized carbons (Fsp3) is 0.167. The number of hydrogen-bond donors (Lipinski definition) is 0. The zero-order valence-electron chi connectivity index (χ0n) is 16.1. The minimum atomic E-state index is -0.134. The average Bonchev–Trinajstić information content (AvgIpc) is 2.77. The predicted molar refractivity (Wildman–Crippen MR) is 111 cm³/mol. The third kappa shape index (κ3) is 4.14. The van der Waals surface area contributed by atoms with Crippen molar-refractivity contribution in [1.82, 2.24) is 0 Å². The Morgan fingerprint density at radius 2 is 1.69 bits per heavy atom. The molecule has 0 N–H and O–H groups in total. The van der Waals surface area contributed by atoms with Crippen LogP contribution in [0.4, 0.5) is 5.69 Å². The lowest BCUT2D eigenvalue weighted by atomic mass is 10.1. The second-order valence-corrected chi connectivity index (χ2v) is 6.84. The third-order valence-corrected chi connectivity index (χ3v) is 4.82. The van der Waals surface area contributed by atoms with E-state index in [9.17, 15) is 9.59 Å². The van der Waals surface area contributed by atoms with Gasteiger partial charge in [-0.25, -0.2) is 0 Å². The van der Waals surface area contributed by atoms with Crippen LogP contribution in [0.5, 0.6) is 11.5 Å². The monoisotopic (exact) mass is 387 g/mol. The van der Waals surface area contributed by atoms with Crippen molar-refractivity contribution in [2.45, 2.75) is 13.5 Å². The van der Waals surface area contributed by atoms with E-state index in [0.717, 1.165) is 5.56 Å². The highest BCUT2D eigenvalue weighted by atomic mass is 16.5. The van der Waals surface area contributed by atoms with E-state index in [2.05, 4.69) is 0 Å². The van der Waals surface area contributed by atoms with Gasteiger partial charge in [0.25, 0.3) is 5.91 Å². The second kappa shape index (κ2) is 8.19. The van der Waals surface area contributed by atoms with E-state index in [4.69, 9.17) is 9.47 Å². The van der Waals surface area contributed by atoms with Crippen LogP contribution in [0.3, 0.4) is 0 Å². The van der Waals surface area contributed by atoms with Gasteiger partial charge in [0.15, 0.2) is 5.78 Å². The van der Waals surface area contributed by atoms with Crippen LogP contribution >= 0.6 is 0 Å². The van der Waals surface area contributed by atoms with Crippen LogP contribution in [0.25, 0.3) is 0 Å². The number of Topliss-reactive ketones (excluding diaryl/α,β-unsaturated/α-hetero) is 1. The van der Waals surface area contributed by atoms with E-state index >= 15 is 0 Å². The maximum atomic E-state index is 13.1. The fourth-order valence-electron chi connectivity index (χ4n) is 3.24. The molecule has 29 heavy (non-hydrogen) atoms. The predicted octanol–water partition coefficient (Wildman–Crippen LogP) is 4.51. The van der Waals surface area contributed by atoms with Crippen molar-refractivity contribution in [3.05, 3.63) is 89.5 Å². The van der Waals surface area contributed by atoms with Gasteiger partial charge in [0.05, 0.1) is 12.2 Å². The summed E-state index contributed by atoms with van der Waals surface area (Å²) in [7, 11) is 0. The molecular weight excluding hydrogens is 366 g/mol. The Kier molecular flexibility index (Phi) is 5.29. The number of ketones is 1. The van der Waals surface area contributed by atoms with Crippen LogP contribution in [0.2, 0.25) is 0 Å². The van der Waals surface area contributed by atoms with E-state index in [-0.39, 0.29) is 11.7 Å². The molecule has 1 amide bonds. The topological polar surface area (TPSA) is 55.8 Å². The number of ether oxygens (including phenoxy) is 2. The molecule has 0 spiro atoms. The van der Waals surface area contributed by atoms with Crippen molar-refractivity contribution >= 4 is 17.4 Å². The van der Waals surface area contributed by atoms with Crippen molar-refractivity contribution < 1.29 is 19.1 Å². The number of carbonyl (C=O) groups excluding carboxylic acids is 2. The summed E-state index contributed by atoms with van der Waals surface area (Å²) in [5.74, 6) is 1.12. The van der Waals surface area contributed by atoms with Gasteiger partial charge in [0.2, 0.25) is 0 Å². The van der Waals surface area contributed by atoms with E-state index in [1.807, 2.05) is 30.3 Å². The molecule has 1 heterocycles. The summed E-state index contributed by atoms with van der Waals surface area (Å²) in [4.78, 5) is 26.5. The Labute approximate surface area is 169 Å². The molecule has 5 nitrogen and oxygen atoms in total. The molecule has 1 aliphatic rings. The number of carbonyl (C=O) groups is 2. The zero-order chi connectivity index (χ0) is 20.2. The van der Waals surface area contributed by atoms with Crippen molar-refractivity contribution in [1.29, 1.82) is 0 Å². The maximum absolute atomic E-state index is 13.1. The average molecular weight is 387 g/mol. The normalized spacial score (nSPS) is 12.7. The Hall–Kier alpha value is -3.60. The number of nitrogens with zero attached hydrogens (tertiary/aromatic N) is 1. The summed E-state index contributed by atoms with van der Waals surface area (Å²) in [5.41, 5.74) is 2.81. The van der Waals surface area contributed by atoms with Gasteiger partial charge in [-0.3, -0.25) is 9.59 Å². The number of rotatable bonds is 5. The van der Waals surface area contributed by atoms with Gasteiger partial charge in [0, 0.05) is 11.1 Å². The number of anilines is 1. The molecule has 0 bridgehead atoms. The molecule has 0 aromatic heterocycles. The highest BCUT2D eigenvalue weighted by Gasteiger charge is 2.25. The molecule has 0 radical (unpaired) electrons. The Balaban J connectivity index is 1.50. The molecule has 0 saturated carbocycles. The first kappa shape index (κ1) is 18.7. The van der Waals surface area contributed by atoms with Crippen molar-refractivity contribution in [3.63, 3.8) is 0 Å². The van der Waals surface area contributed by atoms with E-state index in [1.54, 1.807) is 47.4 Å². The molecule has 4 rings (SSSR count). The smallest absolute Gasteiger partial charge is 0.258 e. The molecule has 146 valence electrons. The van der Waals surface area contributed by atoms with Gasteiger partial charge >= 0.3 is 0 Å². The molecule has 1 aliphatic heterocycles. The third-order valence-electron chi connectivity index (χ3n) is 4.82. The molecule has 0 aliphatic carbocycles. The van der Waals surface area contributed by atoms with E-state index in [1.165, 1.54) is 6.92 Å². The second-order valence-electron chi connectivity index (χ2n) is 6.84. The number of fused-ring (bicyclic) bond motifs is 1. The first-order valence-corrected chi connectivity index (χ1v) is 9.48. The lowest BCUT2D eigenvalue weighted by Gasteiger charge is -2.30. The van der Waals surface area contributed by atoms with Gasteiger partial charge < -0.3 is 14.4 Å². The van der Waals surface area contributed by atoms with Crippen LogP contribution in [-0.2, 0) is 6.61 Å². The summed E-state index contributed by atoms with van der Waals surface area (Å²) in [6.45, 7) is 2.82. The van der Waals surface area contributed by atoms with Gasteiger partial charge in [-0.1, -0.05) is 30.3 Å². The van der Waals surface area contributed by atoms with Gasteiger partial charge in [-0.15, -0.1) is 0 Å². The number of benzene rings is 3. The van der Waals surface area contributed by atoms with Crippen LogP contribution in [0.1, 0.15) is 33.2 Å². The summed E-state index contributed by atoms with van der Waals surface area (Å²) < 4.78 is 11.4.